The number of carbonyl (C=O) groups is 1. The van der Waals surface area contributed by atoms with Crippen LogP contribution < -0.4 is 0 Å². The molecule has 1 aliphatic rings. The van der Waals surface area contributed by atoms with Crippen LogP contribution >= 0.6 is 0 Å². The lowest BCUT2D eigenvalue weighted by molar-refractivity contribution is -0.385. The molecule has 7 heteroatoms. The Hall–Kier alpha value is -2.28. The van der Waals surface area contributed by atoms with Crippen LogP contribution in [-0.4, -0.2) is 32.4 Å². The predicted molar refractivity (Wildman–Crippen MR) is 67.6 cm³/mol. The quantitative estimate of drug-likeness (QED) is 0.646. The summed E-state index contributed by atoms with van der Waals surface area (Å²) in [5.41, 5.74) is -1.25. The molecule has 0 radical (unpaired) electrons. The molecule has 100 valence electrons. The fourth-order valence-electron chi connectivity index (χ4n) is 2.07. The average molecular weight is 263 g/mol. The number of hydrogen-bond acceptors (Lipinski definition) is 5. The van der Waals surface area contributed by atoms with Crippen LogP contribution in [0.4, 0.5) is 5.69 Å². The average Bonchev–Trinajstić information content (AvgIpc) is 2.61. The highest BCUT2D eigenvalue weighted by Crippen LogP contribution is 2.29. The number of carbonyl (C=O) groups excluding carboxylic acids is 1. The van der Waals surface area contributed by atoms with Gasteiger partial charge in [-0.2, -0.15) is 10.1 Å². The molecule has 0 aliphatic carbocycles. The first-order valence-electron chi connectivity index (χ1n) is 5.67. The number of para-hydroxylation sites is 1. The second-order valence-electron chi connectivity index (χ2n) is 4.62. The van der Waals surface area contributed by atoms with Crippen LogP contribution in [0.25, 0.3) is 0 Å². The van der Waals surface area contributed by atoms with Crippen molar-refractivity contribution in [2.24, 2.45) is 5.10 Å². The van der Waals surface area contributed by atoms with Gasteiger partial charge in [0.2, 0.25) is 0 Å². The maximum atomic E-state index is 12.3. The topological polar surface area (TPSA) is 96.0 Å². The van der Waals surface area contributed by atoms with Crippen LogP contribution in [0, 0.1) is 10.1 Å². The monoisotopic (exact) mass is 263 g/mol. The number of rotatable bonds is 2. The van der Waals surface area contributed by atoms with Crippen molar-refractivity contribution in [3.8, 4) is 0 Å². The molecule has 0 saturated carbocycles. The van der Waals surface area contributed by atoms with Gasteiger partial charge in [0.15, 0.2) is 5.72 Å². The van der Waals surface area contributed by atoms with Gasteiger partial charge >= 0.3 is 0 Å². The zero-order valence-corrected chi connectivity index (χ0v) is 10.5. The molecule has 2 rings (SSSR count). The van der Waals surface area contributed by atoms with Crippen LogP contribution in [0.5, 0.6) is 0 Å². The van der Waals surface area contributed by atoms with E-state index in [0.29, 0.717) is 5.71 Å². The zero-order valence-electron chi connectivity index (χ0n) is 10.5. The molecule has 0 spiro atoms. The Labute approximate surface area is 109 Å². The van der Waals surface area contributed by atoms with Gasteiger partial charge in [-0.25, -0.2) is 0 Å². The first-order chi connectivity index (χ1) is 8.83. The van der Waals surface area contributed by atoms with Crippen molar-refractivity contribution in [3.05, 3.63) is 39.9 Å². The number of hydrazone groups is 1. The van der Waals surface area contributed by atoms with E-state index in [-0.39, 0.29) is 17.7 Å². The van der Waals surface area contributed by atoms with E-state index >= 15 is 0 Å². The molecule has 0 fully saturated rings. The number of amides is 1. The third-order valence-electron chi connectivity index (χ3n) is 2.84. The lowest BCUT2D eigenvalue weighted by atomic mass is 10.1. The molecule has 1 unspecified atom stereocenters. The van der Waals surface area contributed by atoms with Crippen molar-refractivity contribution in [1.29, 1.82) is 0 Å². The number of nitrogens with zero attached hydrogens (tertiary/aromatic N) is 3. The summed E-state index contributed by atoms with van der Waals surface area (Å²) in [4.78, 5) is 22.6. The van der Waals surface area contributed by atoms with Gasteiger partial charge < -0.3 is 5.11 Å². The molecule has 1 aromatic rings. The maximum absolute atomic E-state index is 12.3. The Morgan fingerprint density at radius 2 is 2.16 bits per heavy atom. The molecule has 0 saturated heterocycles. The van der Waals surface area contributed by atoms with Gasteiger partial charge in [0.25, 0.3) is 11.6 Å². The zero-order chi connectivity index (χ0) is 14.2. The lowest BCUT2D eigenvalue weighted by Gasteiger charge is -2.26. The Bertz CT molecular complexity index is 580. The Morgan fingerprint density at radius 1 is 1.53 bits per heavy atom. The van der Waals surface area contributed by atoms with Crippen molar-refractivity contribution < 1.29 is 14.8 Å². The van der Waals surface area contributed by atoms with Crippen LogP contribution in [0.3, 0.4) is 0 Å². The highest BCUT2D eigenvalue weighted by molar-refractivity contribution is 6.00. The normalized spacial score (nSPS) is 22.3. The number of nitro benzene ring substituents is 1. The van der Waals surface area contributed by atoms with Crippen molar-refractivity contribution in [3.63, 3.8) is 0 Å². The molecule has 7 nitrogen and oxygen atoms in total. The van der Waals surface area contributed by atoms with E-state index < -0.39 is 16.6 Å². The summed E-state index contributed by atoms with van der Waals surface area (Å²) in [7, 11) is 0. The van der Waals surface area contributed by atoms with Gasteiger partial charge in [0.05, 0.1) is 4.92 Å². The summed E-state index contributed by atoms with van der Waals surface area (Å²) >= 11 is 0. The minimum Gasteiger partial charge on any atom is -0.369 e. The highest BCUT2D eigenvalue weighted by Gasteiger charge is 2.40. The molecule has 1 N–H and O–H groups in total. The summed E-state index contributed by atoms with van der Waals surface area (Å²) in [6.07, 6.45) is 0.222. The van der Waals surface area contributed by atoms with Crippen molar-refractivity contribution >= 4 is 17.3 Å². The summed E-state index contributed by atoms with van der Waals surface area (Å²) in [5.74, 6) is -0.686. The first kappa shape index (κ1) is 13.2. The van der Waals surface area contributed by atoms with E-state index in [1.807, 2.05) is 0 Å². The largest absolute Gasteiger partial charge is 0.369 e. The van der Waals surface area contributed by atoms with E-state index in [0.717, 1.165) is 5.01 Å². The summed E-state index contributed by atoms with van der Waals surface area (Å²) in [6, 6.07) is 5.60. The third-order valence-corrected chi connectivity index (χ3v) is 2.84. The molecule has 1 amide bonds. The predicted octanol–water partition coefficient (Wildman–Crippen LogP) is 1.53. The minimum absolute atomic E-state index is 0.0915. The standard InChI is InChI=1S/C12H13N3O4/c1-8-7-12(2,17)14(13-8)11(16)9-5-3-4-6-10(9)15(18)19/h3-6,17H,7H2,1-2H3. The van der Waals surface area contributed by atoms with E-state index in [2.05, 4.69) is 5.10 Å². The molecule has 19 heavy (non-hydrogen) atoms. The molecule has 1 aromatic carbocycles. The second-order valence-corrected chi connectivity index (χ2v) is 4.62. The van der Waals surface area contributed by atoms with E-state index in [4.69, 9.17) is 0 Å². The van der Waals surface area contributed by atoms with Crippen molar-refractivity contribution in [2.75, 3.05) is 0 Å². The molecular weight excluding hydrogens is 250 g/mol. The molecule has 1 heterocycles. The molecule has 0 bridgehead atoms. The number of nitro groups is 1. The Morgan fingerprint density at radius 3 is 2.68 bits per heavy atom. The first-order valence-corrected chi connectivity index (χ1v) is 5.67. The van der Waals surface area contributed by atoms with Gasteiger partial charge in [-0.1, -0.05) is 12.1 Å². The highest BCUT2D eigenvalue weighted by atomic mass is 16.6. The van der Waals surface area contributed by atoms with E-state index in [9.17, 15) is 20.0 Å². The van der Waals surface area contributed by atoms with E-state index in [1.165, 1.54) is 31.2 Å². The smallest absolute Gasteiger partial charge is 0.283 e. The second kappa shape index (κ2) is 4.43. The van der Waals surface area contributed by atoms with E-state index in [1.54, 1.807) is 6.92 Å². The SMILES string of the molecule is CC1=NN(C(=O)c2ccccc2[N+](=O)[O-])C(C)(O)C1. The third kappa shape index (κ3) is 2.32. The van der Waals surface area contributed by atoms with Gasteiger partial charge in [-0.05, 0) is 19.9 Å². The molecular formula is C12H13N3O4. The fourth-order valence-corrected chi connectivity index (χ4v) is 2.07. The molecule has 0 aromatic heterocycles. The van der Waals surface area contributed by atoms with Gasteiger partial charge in [0, 0.05) is 18.2 Å². The summed E-state index contributed by atoms with van der Waals surface area (Å²) in [6.45, 7) is 3.13. The maximum Gasteiger partial charge on any atom is 0.283 e. The van der Waals surface area contributed by atoms with Crippen molar-refractivity contribution in [1.82, 2.24) is 5.01 Å². The number of benzene rings is 1. The summed E-state index contributed by atoms with van der Waals surface area (Å²) < 4.78 is 0. The minimum atomic E-state index is -1.45. The van der Waals surface area contributed by atoms with Gasteiger partial charge in [-0.3, -0.25) is 14.9 Å². The Kier molecular flexibility index (Phi) is 3.07. The van der Waals surface area contributed by atoms with Crippen molar-refractivity contribution in [2.45, 2.75) is 26.0 Å². The molecule has 1 aliphatic heterocycles. The lowest BCUT2D eigenvalue weighted by Crippen LogP contribution is -2.43. The van der Waals surface area contributed by atoms with Gasteiger partial charge in [-0.15, -0.1) is 0 Å². The number of hydrogen-bond donors (Lipinski definition) is 1. The van der Waals surface area contributed by atoms with Gasteiger partial charge in [0.1, 0.15) is 5.56 Å². The van der Waals surface area contributed by atoms with Crippen LogP contribution in [0.15, 0.2) is 29.4 Å². The van der Waals surface area contributed by atoms with Crippen LogP contribution in [0.2, 0.25) is 0 Å². The van der Waals surface area contributed by atoms with Crippen LogP contribution in [-0.2, 0) is 0 Å². The molecule has 1 atom stereocenters. The summed E-state index contributed by atoms with van der Waals surface area (Å²) in [5, 5.41) is 25.8. The number of aliphatic hydroxyl groups is 1. The Balaban J connectivity index is 2.43. The fraction of sp³-hybridized carbons (Fsp3) is 0.333. The van der Waals surface area contributed by atoms with Crippen LogP contribution in [0.1, 0.15) is 30.6 Å².